The van der Waals surface area contributed by atoms with E-state index < -0.39 is 0 Å². The Kier molecular flexibility index (Phi) is 5.91. The van der Waals surface area contributed by atoms with Crippen molar-refractivity contribution in [2.45, 2.75) is 33.7 Å². The molecule has 0 atom stereocenters. The van der Waals surface area contributed by atoms with Crippen LogP contribution >= 0.6 is 0 Å². The SMILES string of the molecule is CCc1cc(=O)n(CC(=O)Nc2ccc(C)cc2C)c(N2CCOCC2)n1. The van der Waals surface area contributed by atoms with E-state index in [9.17, 15) is 9.59 Å². The van der Waals surface area contributed by atoms with Crippen LogP contribution in [0.15, 0.2) is 29.1 Å². The topological polar surface area (TPSA) is 76.5 Å². The Balaban J connectivity index is 1.86. The van der Waals surface area contributed by atoms with Crippen molar-refractivity contribution in [3.05, 3.63) is 51.4 Å². The smallest absolute Gasteiger partial charge is 0.255 e. The van der Waals surface area contributed by atoms with Crippen LogP contribution in [0.1, 0.15) is 23.7 Å². The molecule has 2 heterocycles. The van der Waals surface area contributed by atoms with E-state index in [1.807, 2.05) is 43.9 Å². The number of nitrogens with one attached hydrogen (secondary N) is 1. The number of amides is 1. The van der Waals surface area contributed by atoms with Crippen molar-refractivity contribution in [2.24, 2.45) is 0 Å². The maximum absolute atomic E-state index is 12.6. The van der Waals surface area contributed by atoms with Gasteiger partial charge in [-0.2, -0.15) is 0 Å². The number of morpholine rings is 1. The van der Waals surface area contributed by atoms with Gasteiger partial charge in [-0.05, 0) is 31.9 Å². The van der Waals surface area contributed by atoms with Gasteiger partial charge in [0.1, 0.15) is 6.54 Å². The van der Waals surface area contributed by atoms with Gasteiger partial charge in [-0.15, -0.1) is 0 Å². The monoisotopic (exact) mass is 370 g/mol. The summed E-state index contributed by atoms with van der Waals surface area (Å²) in [6.45, 7) is 8.32. The lowest BCUT2D eigenvalue weighted by molar-refractivity contribution is -0.116. The van der Waals surface area contributed by atoms with Gasteiger partial charge < -0.3 is 15.0 Å². The number of aryl methyl sites for hydroxylation is 3. The standard InChI is InChI=1S/C20H26N4O3/c1-4-16-12-19(26)24(20(21-16)23-7-9-27-10-8-23)13-18(25)22-17-6-5-14(2)11-15(17)3/h5-6,11-12H,4,7-10,13H2,1-3H3,(H,22,25). The van der Waals surface area contributed by atoms with Crippen molar-refractivity contribution < 1.29 is 9.53 Å². The van der Waals surface area contributed by atoms with Crippen LogP contribution in [0, 0.1) is 13.8 Å². The number of rotatable bonds is 5. The molecule has 7 heteroatoms. The van der Waals surface area contributed by atoms with E-state index in [1.165, 1.54) is 10.6 Å². The molecule has 27 heavy (non-hydrogen) atoms. The van der Waals surface area contributed by atoms with Crippen molar-refractivity contribution in [3.8, 4) is 0 Å². The van der Waals surface area contributed by atoms with Gasteiger partial charge in [-0.3, -0.25) is 14.2 Å². The molecule has 2 aromatic rings. The fourth-order valence-corrected chi connectivity index (χ4v) is 3.16. The van der Waals surface area contributed by atoms with Crippen LogP contribution in [0.4, 0.5) is 11.6 Å². The summed E-state index contributed by atoms with van der Waals surface area (Å²) in [5.41, 5.74) is 3.40. The molecule has 0 radical (unpaired) electrons. The van der Waals surface area contributed by atoms with Crippen molar-refractivity contribution in [3.63, 3.8) is 0 Å². The largest absolute Gasteiger partial charge is 0.378 e. The molecule has 1 amide bonds. The second kappa shape index (κ2) is 8.35. The van der Waals surface area contributed by atoms with Crippen molar-refractivity contribution in [2.75, 3.05) is 36.5 Å². The maximum atomic E-state index is 12.6. The first-order chi connectivity index (χ1) is 13.0. The van der Waals surface area contributed by atoms with Crippen LogP contribution in [-0.4, -0.2) is 41.8 Å². The van der Waals surface area contributed by atoms with Crippen molar-refractivity contribution >= 4 is 17.5 Å². The molecule has 1 N–H and O–H groups in total. The summed E-state index contributed by atoms with van der Waals surface area (Å²) in [4.78, 5) is 31.9. The lowest BCUT2D eigenvalue weighted by Gasteiger charge is -2.29. The average molecular weight is 370 g/mol. The van der Waals surface area contributed by atoms with E-state index in [2.05, 4.69) is 10.3 Å². The Labute approximate surface area is 159 Å². The molecule has 144 valence electrons. The van der Waals surface area contributed by atoms with Gasteiger partial charge in [-0.1, -0.05) is 24.6 Å². The second-order valence-corrected chi connectivity index (χ2v) is 6.79. The Morgan fingerprint density at radius 3 is 2.63 bits per heavy atom. The minimum atomic E-state index is -0.246. The third kappa shape index (κ3) is 4.54. The van der Waals surface area contributed by atoms with Crippen LogP contribution in [0.2, 0.25) is 0 Å². The Bertz CT molecular complexity index is 885. The highest BCUT2D eigenvalue weighted by molar-refractivity contribution is 5.91. The molecular formula is C20H26N4O3. The molecule has 1 fully saturated rings. The minimum Gasteiger partial charge on any atom is -0.378 e. The first kappa shape index (κ1) is 19.1. The predicted octanol–water partition coefficient (Wildman–Crippen LogP) is 1.90. The molecule has 1 aliphatic heterocycles. The van der Waals surface area contributed by atoms with E-state index in [0.29, 0.717) is 38.7 Å². The summed E-state index contributed by atoms with van der Waals surface area (Å²) >= 11 is 0. The summed E-state index contributed by atoms with van der Waals surface area (Å²) in [5, 5.41) is 2.90. The van der Waals surface area contributed by atoms with Gasteiger partial charge in [0.2, 0.25) is 11.9 Å². The van der Waals surface area contributed by atoms with Gasteiger partial charge in [0.05, 0.1) is 13.2 Å². The molecule has 0 aliphatic carbocycles. The summed E-state index contributed by atoms with van der Waals surface area (Å²) in [6, 6.07) is 7.35. The van der Waals surface area contributed by atoms with Gasteiger partial charge in [-0.25, -0.2) is 4.98 Å². The highest BCUT2D eigenvalue weighted by Gasteiger charge is 2.20. The number of carbonyl (C=O) groups is 1. The average Bonchev–Trinajstić information content (AvgIpc) is 2.66. The highest BCUT2D eigenvalue weighted by Crippen LogP contribution is 2.17. The lowest BCUT2D eigenvalue weighted by atomic mass is 10.1. The van der Waals surface area contributed by atoms with Crippen LogP contribution in [0.5, 0.6) is 0 Å². The summed E-state index contributed by atoms with van der Waals surface area (Å²) in [5.74, 6) is 0.294. The van der Waals surface area contributed by atoms with E-state index in [4.69, 9.17) is 4.74 Å². The van der Waals surface area contributed by atoms with Crippen LogP contribution in [0.3, 0.4) is 0 Å². The Hall–Kier alpha value is -2.67. The van der Waals surface area contributed by atoms with Gasteiger partial charge in [0, 0.05) is 30.5 Å². The van der Waals surface area contributed by atoms with Crippen LogP contribution in [0.25, 0.3) is 0 Å². The third-order valence-electron chi connectivity index (χ3n) is 4.66. The Morgan fingerprint density at radius 1 is 1.22 bits per heavy atom. The maximum Gasteiger partial charge on any atom is 0.255 e. The molecule has 1 aromatic heterocycles. The normalized spacial score (nSPS) is 14.3. The van der Waals surface area contributed by atoms with Crippen LogP contribution in [-0.2, 0) is 22.5 Å². The zero-order valence-corrected chi connectivity index (χ0v) is 16.1. The van der Waals surface area contributed by atoms with Crippen LogP contribution < -0.4 is 15.8 Å². The molecule has 0 saturated carbocycles. The molecule has 3 rings (SSSR count). The molecule has 7 nitrogen and oxygen atoms in total. The zero-order valence-electron chi connectivity index (χ0n) is 16.1. The second-order valence-electron chi connectivity index (χ2n) is 6.79. The third-order valence-corrected chi connectivity index (χ3v) is 4.66. The predicted molar refractivity (Wildman–Crippen MR) is 105 cm³/mol. The van der Waals surface area contributed by atoms with Gasteiger partial charge in [0.15, 0.2) is 0 Å². The molecular weight excluding hydrogens is 344 g/mol. The summed E-state index contributed by atoms with van der Waals surface area (Å²) < 4.78 is 6.84. The number of hydrogen-bond acceptors (Lipinski definition) is 5. The van der Waals surface area contributed by atoms with Crippen molar-refractivity contribution in [1.82, 2.24) is 9.55 Å². The molecule has 1 aromatic carbocycles. The van der Waals surface area contributed by atoms with E-state index in [1.54, 1.807) is 0 Å². The fraction of sp³-hybridized carbons (Fsp3) is 0.450. The van der Waals surface area contributed by atoms with Gasteiger partial charge >= 0.3 is 0 Å². The molecule has 0 bridgehead atoms. The zero-order chi connectivity index (χ0) is 19.4. The number of hydrogen-bond donors (Lipinski definition) is 1. The molecule has 1 saturated heterocycles. The summed E-state index contributed by atoms with van der Waals surface area (Å²) in [7, 11) is 0. The molecule has 1 aliphatic rings. The number of nitrogens with zero attached hydrogens (tertiary/aromatic N) is 3. The first-order valence-electron chi connectivity index (χ1n) is 9.28. The number of aromatic nitrogens is 2. The number of carbonyl (C=O) groups excluding carboxylic acids is 1. The summed E-state index contributed by atoms with van der Waals surface area (Å²) in [6.07, 6.45) is 0.669. The number of ether oxygens (including phenoxy) is 1. The van der Waals surface area contributed by atoms with E-state index >= 15 is 0 Å². The quantitative estimate of drug-likeness (QED) is 0.870. The van der Waals surface area contributed by atoms with E-state index in [-0.39, 0.29) is 18.0 Å². The fourth-order valence-electron chi connectivity index (χ4n) is 3.16. The molecule has 0 spiro atoms. The number of benzene rings is 1. The minimum absolute atomic E-state index is 0.0736. The number of anilines is 2. The van der Waals surface area contributed by atoms with Crippen molar-refractivity contribution in [1.29, 1.82) is 0 Å². The van der Waals surface area contributed by atoms with Gasteiger partial charge in [0.25, 0.3) is 5.56 Å². The Morgan fingerprint density at radius 2 is 1.96 bits per heavy atom. The highest BCUT2D eigenvalue weighted by atomic mass is 16.5. The molecule has 0 unspecified atom stereocenters. The lowest BCUT2D eigenvalue weighted by Crippen LogP contribution is -2.42. The first-order valence-corrected chi connectivity index (χ1v) is 9.28. The van der Waals surface area contributed by atoms with E-state index in [0.717, 1.165) is 22.5 Å².